The Bertz CT molecular complexity index is 297. The minimum Gasteiger partial charge on any atom is -0.327 e. The van der Waals surface area contributed by atoms with Crippen LogP contribution in [0.2, 0.25) is 4.34 Å². The molecule has 0 aromatic carbocycles. The van der Waals surface area contributed by atoms with Crippen molar-refractivity contribution in [3.8, 4) is 0 Å². The van der Waals surface area contributed by atoms with Crippen LogP contribution in [0.1, 0.15) is 18.2 Å². The molecule has 0 bridgehead atoms. The van der Waals surface area contributed by atoms with Gasteiger partial charge in [0.25, 0.3) is 0 Å². The Balaban J connectivity index is 1.91. The molecule has 2 N–H and O–H groups in total. The van der Waals surface area contributed by atoms with Gasteiger partial charge in [-0.1, -0.05) is 18.5 Å². The molecule has 1 heterocycles. The molecule has 1 aromatic heterocycles. The highest BCUT2D eigenvalue weighted by Crippen LogP contribution is 2.41. The van der Waals surface area contributed by atoms with E-state index in [1.807, 2.05) is 6.07 Å². The van der Waals surface area contributed by atoms with E-state index >= 15 is 0 Å². The van der Waals surface area contributed by atoms with Gasteiger partial charge in [-0.2, -0.15) is 0 Å². The van der Waals surface area contributed by atoms with Crippen molar-refractivity contribution in [1.29, 1.82) is 0 Å². The number of nitrogens with two attached hydrogens (primary N) is 1. The topological polar surface area (TPSA) is 26.0 Å². The second kappa shape index (κ2) is 3.60. The molecule has 72 valence electrons. The Morgan fingerprint density at radius 2 is 2.38 bits per heavy atom. The average Bonchev–Trinajstić information content (AvgIpc) is 2.66. The second-order valence-electron chi connectivity index (χ2n) is 3.95. The average molecular weight is 216 g/mol. The van der Waals surface area contributed by atoms with Crippen LogP contribution in [0.25, 0.3) is 0 Å². The van der Waals surface area contributed by atoms with Crippen molar-refractivity contribution in [3.05, 3.63) is 21.3 Å². The van der Waals surface area contributed by atoms with E-state index in [1.54, 1.807) is 11.3 Å². The maximum atomic E-state index is 6.07. The summed E-state index contributed by atoms with van der Waals surface area (Å²) in [6, 6.07) is 4.37. The van der Waals surface area contributed by atoms with Gasteiger partial charge in [0.05, 0.1) is 4.34 Å². The third-order valence-corrected chi connectivity index (χ3v) is 4.04. The molecule has 1 nitrogen and oxygen atoms in total. The summed E-state index contributed by atoms with van der Waals surface area (Å²) in [6.07, 6.45) is 2.30. The lowest BCUT2D eigenvalue weighted by molar-refractivity contribution is 0.564. The highest BCUT2D eigenvalue weighted by atomic mass is 35.5. The lowest BCUT2D eigenvalue weighted by Crippen LogP contribution is -2.25. The lowest BCUT2D eigenvalue weighted by Gasteiger charge is -2.08. The number of halogens is 1. The first kappa shape index (κ1) is 9.50. The van der Waals surface area contributed by atoms with Crippen molar-refractivity contribution in [2.45, 2.75) is 25.8 Å². The molecule has 0 spiro atoms. The van der Waals surface area contributed by atoms with Crippen molar-refractivity contribution in [2.75, 3.05) is 0 Å². The van der Waals surface area contributed by atoms with Crippen molar-refractivity contribution in [2.24, 2.45) is 17.6 Å². The molecule has 3 atom stereocenters. The second-order valence-corrected chi connectivity index (χ2v) is 5.75. The quantitative estimate of drug-likeness (QED) is 0.825. The fraction of sp³-hybridized carbons (Fsp3) is 0.600. The summed E-state index contributed by atoms with van der Waals surface area (Å²) in [5, 5.41) is 0. The van der Waals surface area contributed by atoms with Crippen LogP contribution in [-0.2, 0) is 6.42 Å². The van der Waals surface area contributed by atoms with Gasteiger partial charge < -0.3 is 5.73 Å². The van der Waals surface area contributed by atoms with Gasteiger partial charge in [-0.3, -0.25) is 0 Å². The van der Waals surface area contributed by atoms with E-state index in [1.165, 1.54) is 11.3 Å². The Morgan fingerprint density at radius 1 is 1.69 bits per heavy atom. The molecule has 0 aliphatic heterocycles. The molecular weight excluding hydrogens is 202 g/mol. The third-order valence-electron chi connectivity index (χ3n) is 2.79. The summed E-state index contributed by atoms with van der Waals surface area (Å²) in [5.41, 5.74) is 6.07. The maximum absolute atomic E-state index is 6.07. The summed E-state index contributed by atoms with van der Waals surface area (Å²) in [4.78, 5) is 1.32. The molecule has 13 heavy (non-hydrogen) atoms. The van der Waals surface area contributed by atoms with E-state index in [4.69, 9.17) is 17.3 Å². The number of hydrogen-bond acceptors (Lipinski definition) is 2. The maximum Gasteiger partial charge on any atom is 0.0931 e. The van der Waals surface area contributed by atoms with Crippen LogP contribution in [0.15, 0.2) is 12.1 Å². The van der Waals surface area contributed by atoms with Gasteiger partial charge in [-0.25, -0.2) is 0 Å². The first-order chi connectivity index (χ1) is 6.16. The molecule has 0 radical (unpaired) electrons. The fourth-order valence-corrected chi connectivity index (χ4v) is 2.95. The van der Waals surface area contributed by atoms with E-state index in [9.17, 15) is 0 Å². The van der Waals surface area contributed by atoms with Gasteiger partial charge in [-0.15, -0.1) is 11.3 Å². The van der Waals surface area contributed by atoms with Gasteiger partial charge in [0.15, 0.2) is 0 Å². The van der Waals surface area contributed by atoms with Gasteiger partial charge in [0, 0.05) is 10.9 Å². The molecule has 1 aromatic rings. The summed E-state index contributed by atoms with van der Waals surface area (Å²) in [7, 11) is 0. The van der Waals surface area contributed by atoms with Crippen LogP contribution < -0.4 is 5.73 Å². The number of hydrogen-bond donors (Lipinski definition) is 1. The van der Waals surface area contributed by atoms with Crippen LogP contribution in [0.5, 0.6) is 0 Å². The normalized spacial score (nSPS) is 28.8. The van der Waals surface area contributed by atoms with Crippen molar-refractivity contribution < 1.29 is 0 Å². The van der Waals surface area contributed by atoms with Crippen LogP contribution in [0, 0.1) is 11.8 Å². The highest BCUT2D eigenvalue weighted by Gasteiger charge is 2.37. The van der Waals surface area contributed by atoms with Gasteiger partial charge >= 0.3 is 0 Å². The fourth-order valence-electron chi connectivity index (χ4n) is 1.79. The number of rotatable bonds is 3. The van der Waals surface area contributed by atoms with E-state index < -0.39 is 0 Å². The van der Waals surface area contributed by atoms with Gasteiger partial charge in [-0.05, 0) is 36.8 Å². The molecule has 1 aliphatic carbocycles. The zero-order valence-corrected chi connectivity index (χ0v) is 9.24. The van der Waals surface area contributed by atoms with E-state index in [-0.39, 0.29) is 0 Å². The number of thiophene rings is 1. The van der Waals surface area contributed by atoms with Crippen molar-refractivity contribution in [3.63, 3.8) is 0 Å². The summed E-state index contributed by atoms with van der Waals surface area (Å²) >= 11 is 7.49. The Morgan fingerprint density at radius 3 is 2.85 bits per heavy atom. The van der Waals surface area contributed by atoms with Crippen LogP contribution in [0.3, 0.4) is 0 Å². The molecule has 2 rings (SSSR count). The Kier molecular flexibility index (Phi) is 2.63. The molecular formula is C10H14ClNS. The predicted molar refractivity (Wildman–Crippen MR) is 58.3 cm³/mol. The molecule has 0 saturated heterocycles. The highest BCUT2D eigenvalue weighted by molar-refractivity contribution is 7.16. The van der Waals surface area contributed by atoms with Crippen LogP contribution >= 0.6 is 22.9 Å². The largest absolute Gasteiger partial charge is 0.327 e. The SMILES string of the molecule is CC1CC1C(N)Cc1ccc(Cl)s1. The molecule has 3 unspecified atom stereocenters. The standard InChI is InChI=1S/C10H14ClNS/c1-6-4-8(6)9(12)5-7-2-3-10(11)13-7/h2-3,6,8-9H,4-5,12H2,1H3. The van der Waals surface area contributed by atoms with E-state index in [2.05, 4.69) is 13.0 Å². The van der Waals surface area contributed by atoms with Crippen LogP contribution in [0.4, 0.5) is 0 Å². The smallest absolute Gasteiger partial charge is 0.0931 e. The monoisotopic (exact) mass is 215 g/mol. The van der Waals surface area contributed by atoms with E-state index in [0.717, 1.165) is 22.6 Å². The first-order valence-corrected chi connectivity index (χ1v) is 5.86. The Hall–Kier alpha value is -0.0500. The minimum atomic E-state index is 0.338. The molecule has 1 aliphatic rings. The molecule has 1 fully saturated rings. The van der Waals surface area contributed by atoms with Crippen molar-refractivity contribution in [1.82, 2.24) is 0 Å². The van der Waals surface area contributed by atoms with E-state index in [0.29, 0.717) is 6.04 Å². The first-order valence-electron chi connectivity index (χ1n) is 4.66. The Labute approximate surface area is 87.9 Å². The summed E-state index contributed by atoms with van der Waals surface area (Å²) in [5.74, 6) is 1.59. The third kappa shape index (κ3) is 2.25. The van der Waals surface area contributed by atoms with Crippen LogP contribution in [-0.4, -0.2) is 6.04 Å². The predicted octanol–water partition coefficient (Wildman–Crippen LogP) is 2.93. The summed E-state index contributed by atoms with van der Waals surface area (Å²) in [6.45, 7) is 2.27. The van der Waals surface area contributed by atoms with Crippen molar-refractivity contribution >= 4 is 22.9 Å². The lowest BCUT2D eigenvalue weighted by atomic mass is 10.1. The molecule has 0 amide bonds. The van der Waals surface area contributed by atoms with Gasteiger partial charge in [0.2, 0.25) is 0 Å². The summed E-state index contributed by atoms with van der Waals surface area (Å²) < 4.78 is 0.867. The molecule has 3 heteroatoms. The van der Waals surface area contributed by atoms with Gasteiger partial charge in [0.1, 0.15) is 0 Å². The zero-order chi connectivity index (χ0) is 9.42. The minimum absolute atomic E-state index is 0.338. The zero-order valence-electron chi connectivity index (χ0n) is 7.66. The molecule has 1 saturated carbocycles.